The van der Waals surface area contributed by atoms with Gasteiger partial charge in [0.1, 0.15) is 5.82 Å². The SMILES string of the molecule is C=C1C[C@]2(C)O[C@@]1(C(C)C)C[C@H]2OCc1ccccc1F. The number of benzene rings is 1. The quantitative estimate of drug-likeness (QED) is 0.772. The number of hydrogen-bond acceptors (Lipinski definition) is 2. The molecular weight excluding hydrogens is 267 g/mol. The summed E-state index contributed by atoms with van der Waals surface area (Å²) in [5.41, 5.74) is 1.17. The first-order chi connectivity index (χ1) is 9.87. The van der Waals surface area contributed by atoms with Gasteiger partial charge < -0.3 is 9.47 Å². The van der Waals surface area contributed by atoms with Crippen molar-refractivity contribution >= 4 is 0 Å². The van der Waals surface area contributed by atoms with Crippen molar-refractivity contribution in [1.82, 2.24) is 0 Å². The van der Waals surface area contributed by atoms with Crippen molar-refractivity contribution in [3.63, 3.8) is 0 Å². The predicted octanol–water partition coefficient (Wildman–Crippen LogP) is 4.24. The van der Waals surface area contributed by atoms with Crippen molar-refractivity contribution in [2.75, 3.05) is 0 Å². The third-order valence-electron chi connectivity index (χ3n) is 5.08. The van der Waals surface area contributed by atoms with Crippen LogP contribution in [0.25, 0.3) is 0 Å². The first kappa shape index (κ1) is 14.7. The fourth-order valence-electron chi connectivity index (χ4n) is 3.76. The van der Waals surface area contributed by atoms with E-state index in [0.29, 0.717) is 11.5 Å². The maximum absolute atomic E-state index is 13.7. The lowest BCUT2D eigenvalue weighted by Gasteiger charge is -2.33. The molecule has 2 saturated heterocycles. The largest absolute Gasteiger partial charge is 0.370 e. The molecule has 0 radical (unpaired) electrons. The van der Waals surface area contributed by atoms with Crippen LogP contribution in [-0.4, -0.2) is 17.3 Å². The maximum Gasteiger partial charge on any atom is 0.128 e. The molecule has 2 heterocycles. The van der Waals surface area contributed by atoms with Crippen molar-refractivity contribution in [2.24, 2.45) is 5.92 Å². The van der Waals surface area contributed by atoms with E-state index >= 15 is 0 Å². The van der Waals surface area contributed by atoms with Crippen LogP contribution in [0.4, 0.5) is 4.39 Å². The molecule has 3 atom stereocenters. The van der Waals surface area contributed by atoms with Gasteiger partial charge in [-0.05, 0) is 24.5 Å². The van der Waals surface area contributed by atoms with Gasteiger partial charge in [-0.2, -0.15) is 0 Å². The average Bonchev–Trinajstić information content (AvgIpc) is 2.86. The number of halogens is 1. The minimum atomic E-state index is -0.327. The van der Waals surface area contributed by atoms with E-state index in [0.717, 1.165) is 12.8 Å². The zero-order valence-corrected chi connectivity index (χ0v) is 13.0. The summed E-state index contributed by atoms with van der Waals surface area (Å²) in [6, 6.07) is 6.76. The van der Waals surface area contributed by atoms with E-state index in [9.17, 15) is 4.39 Å². The standard InChI is InChI=1S/C18H23FO2/c1-12(2)18-10-16(17(4,21-18)9-13(18)3)20-11-14-7-5-6-8-15(14)19/h5-8,12,16H,3,9-11H2,1-2,4H3/t16-,17+,18-/m1/s1. The van der Waals surface area contributed by atoms with E-state index in [-0.39, 0.29) is 29.7 Å². The molecule has 3 heteroatoms. The summed E-state index contributed by atoms with van der Waals surface area (Å²) in [5.74, 6) is 0.156. The lowest BCUT2D eigenvalue weighted by Crippen LogP contribution is -2.39. The lowest BCUT2D eigenvalue weighted by molar-refractivity contribution is -0.0941. The monoisotopic (exact) mass is 290 g/mol. The van der Waals surface area contributed by atoms with Crippen LogP contribution in [0.5, 0.6) is 0 Å². The smallest absolute Gasteiger partial charge is 0.128 e. The minimum absolute atomic E-state index is 0.00925. The van der Waals surface area contributed by atoms with Gasteiger partial charge >= 0.3 is 0 Å². The van der Waals surface area contributed by atoms with E-state index in [2.05, 4.69) is 27.4 Å². The molecule has 114 valence electrons. The Labute approximate surface area is 126 Å². The summed E-state index contributed by atoms with van der Waals surface area (Å²) in [5, 5.41) is 0. The number of ether oxygens (including phenoxy) is 2. The molecule has 0 saturated carbocycles. The summed E-state index contributed by atoms with van der Waals surface area (Å²) in [4.78, 5) is 0. The van der Waals surface area contributed by atoms with Crippen LogP contribution in [0.15, 0.2) is 36.4 Å². The number of fused-ring (bicyclic) bond motifs is 2. The van der Waals surface area contributed by atoms with Gasteiger partial charge in [-0.3, -0.25) is 0 Å². The van der Waals surface area contributed by atoms with Crippen LogP contribution in [0, 0.1) is 11.7 Å². The van der Waals surface area contributed by atoms with E-state index < -0.39 is 0 Å². The summed E-state index contributed by atoms with van der Waals surface area (Å²) in [6.07, 6.45) is 1.63. The van der Waals surface area contributed by atoms with Crippen LogP contribution >= 0.6 is 0 Å². The highest BCUT2D eigenvalue weighted by Crippen LogP contribution is 2.57. The maximum atomic E-state index is 13.7. The Hall–Kier alpha value is -1.19. The Kier molecular flexibility index (Phi) is 3.45. The normalized spacial score (nSPS) is 34.9. The van der Waals surface area contributed by atoms with Crippen LogP contribution < -0.4 is 0 Å². The molecule has 0 aromatic heterocycles. The summed E-state index contributed by atoms with van der Waals surface area (Å²) >= 11 is 0. The Morgan fingerprint density at radius 3 is 2.76 bits per heavy atom. The summed E-state index contributed by atoms with van der Waals surface area (Å²) < 4.78 is 26.0. The lowest BCUT2D eigenvalue weighted by atomic mass is 9.73. The summed E-state index contributed by atoms with van der Waals surface area (Å²) in [7, 11) is 0. The van der Waals surface area contributed by atoms with E-state index in [1.807, 2.05) is 6.07 Å². The van der Waals surface area contributed by atoms with Crippen LogP contribution in [0.3, 0.4) is 0 Å². The van der Waals surface area contributed by atoms with Crippen molar-refractivity contribution < 1.29 is 13.9 Å². The van der Waals surface area contributed by atoms with Gasteiger partial charge in [0.15, 0.2) is 0 Å². The minimum Gasteiger partial charge on any atom is -0.370 e. The highest BCUT2D eigenvalue weighted by atomic mass is 19.1. The topological polar surface area (TPSA) is 18.5 Å². The molecule has 2 nitrogen and oxygen atoms in total. The highest BCUT2D eigenvalue weighted by Gasteiger charge is 2.62. The van der Waals surface area contributed by atoms with Gasteiger partial charge in [0.2, 0.25) is 0 Å². The van der Waals surface area contributed by atoms with E-state index in [4.69, 9.17) is 9.47 Å². The Morgan fingerprint density at radius 2 is 2.14 bits per heavy atom. The molecule has 0 N–H and O–H groups in total. The van der Waals surface area contributed by atoms with Gasteiger partial charge in [-0.25, -0.2) is 4.39 Å². The molecule has 1 aromatic carbocycles. The van der Waals surface area contributed by atoms with E-state index in [1.54, 1.807) is 12.1 Å². The van der Waals surface area contributed by atoms with Crippen molar-refractivity contribution in [2.45, 2.75) is 57.5 Å². The molecule has 0 spiro atoms. The predicted molar refractivity (Wildman–Crippen MR) is 80.4 cm³/mol. The van der Waals surface area contributed by atoms with Crippen LogP contribution in [0.2, 0.25) is 0 Å². The molecular formula is C18H23FO2. The molecule has 2 aliphatic heterocycles. The van der Waals surface area contributed by atoms with Crippen LogP contribution in [0.1, 0.15) is 39.2 Å². The fourth-order valence-corrected chi connectivity index (χ4v) is 3.76. The van der Waals surface area contributed by atoms with Gasteiger partial charge in [0.25, 0.3) is 0 Å². The molecule has 0 aliphatic carbocycles. The van der Waals surface area contributed by atoms with Crippen molar-refractivity contribution in [3.05, 3.63) is 47.8 Å². The molecule has 1 aromatic rings. The third-order valence-corrected chi connectivity index (χ3v) is 5.08. The van der Waals surface area contributed by atoms with Crippen molar-refractivity contribution in [3.8, 4) is 0 Å². The van der Waals surface area contributed by atoms with Gasteiger partial charge in [-0.1, -0.05) is 38.6 Å². The molecule has 0 unspecified atom stereocenters. The second-order valence-electron chi connectivity index (χ2n) is 6.83. The number of hydrogen-bond donors (Lipinski definition) is 0. The third kappa shape index (κ3) is 2.23. The molecule has 21 heavy (non-hydrogen) atoms. The fraction of sp³-hybridized carbons (Fsp3) is 0.556. The van der Waals surface area contributed by atoms with Gasteiger partial charge in [-0.15, -0.1) is 0 Å². The van der Waals surface area contributed by atoms with Crippen LogP contribution in [-0.2, 0) is 16.1 Å². The second-order valence-corrected chi connectivity index (χ2v) is 6.83. The number of rotatable bonds is 4. The first-order valence-electron chi connectivity index (χ1n) is 7.61. The molecule has 2 fully saturated rings. The molecule has 0 amide bonds. The Morgan fingerprint density at radius 1 is 1.43 bits per heavy atom. The average molecular weight is 290 g/mol. The molecule has 2 aliphatic rings. The van der Waals surface area contributed by atoms with Crippen molar-refractivity contribution in [1.29, 1.82) is 0 Å². The zero-order valence-electron chi connectivity index (χ0n) is 13.0. The molecule has 3 rings (SSSR count). The summed E-state index contributed by atoms with van der Waals surface area (Å²) in [6.45, 7) is 10.9. The zero-order chi connectivity index (χ0) is 15.3. The second kappa shape index (κ2) is 4.92. The van der Waals surface area contributed by atoms with Gasteiger partial charge in [0.05, 0.1) is 23.9 Å². The van der Waals surface area contributed by atoms with E-state index in [1.165, 1.54) is 11.6 Å². The molecule has 2 bridgehead atoms. The Balaban J connectivity index is 1.74. The van der Waals surface area contributed by atoms with Gasteiger partial charge in [0, 0.05) is 18.4 Å². The highest BCUT2D eigenvalue weighted by molar-refractivity contribution is 5.30. The Bertz CT molecular complexity index is 568. The first-order valence-corrected chi connectivity index (χ1v) is 7.61.